The van der Waals surface area contributed by atoms with E-state index in [0.29, 0.717) is 21.8 Å². The van der Waals surface area contributed by atoms with Gasteiger partial charge in [-0.25, -0.2) is 0 Å². The lowest BCUT2D eigenvalue weighted by atomic mass is 10.3. The summed E-state index contributed by atoms with van der Waals surface area (Å²) in [5.41, 5.74) is 7.74. The first-order chi connectivity index (χ1) is 9.69. The number of amides is 1. The van der Waals surface area contributed by atoms with Gasteiger partial charge in [0.05, 0.1) is 22.3 Å². The van der Waals surface area contributed by atoms with E-state index in [9.17, 15) is 4.79 Å². The van der Waals surface area contributed by atoms with Gasteiger partial charge < -0.3 is 11.1 Å². The van der Waals surface area contributed by atoms with Crippen LogP contribution in [0, 0.1) is 0 Å². The SMILES string of the molecule is CCn1cc(NC(=O)c2sc3cccnc3c2N)cn1. The number of nitrogens with two attached hydrogens (primary N) is 1. The molecule has 3 aromatic rings. The average Bonchev–Trinajstić information content (AvgIpc) is 3.04. The Kier molecular flexibility index (Phi) is 3.11. The molecule has 3 aromatic heterocycles. The molecule has 0 radical (unpaired) electrons. The summed E-state index contributed by atoms with van der Waals surface area (Å²) in [4.78, 5) is 16.9. The van der Waals surface area contributed by atoms with Gasteiger partial charge in [0.15, 0.2) is 0 Å². The summed E-state index contributed by atoms with van der Waals surface area (Å²) < 4.78 is 2.64. The van der Waals surface area contributed by atoms with Crippen LogP contribution in [-0.2, 0) is 6.54 Å². The van der Waals surface area contributed by atoms with E-state index < -0.39 is 0 Å². The first-order valence-corrected chi connectivity index (χ1v) is 6.97. The summed E-state index contributed by atoms with van der Waals surface area (Å²) in [6, 6.07) is 3.72. The number of nitrogens with zero attached hydrogens (tertiary/aromatic N) is 3. The molecule has 0 saturated carbocycles. The smallest absolute Gasteiger partial charge is 0.268 e. The number of thiophene rings is 1. The quantitative estimate of drug-likeness (QED) is 0.774. The summed E-state index contributed by atoms with van der Waals surface area (Å²) in [6.07, 6.45) is 5.06. The highest BCUT2D eigenvalue weighted by Gasteiger charge is 2.17. The van der Waals surface area contributed by atoms with Gasteiger partial charge in [0, 0.05) is 18.9 Å². The van der Waals surface area contributed by atoms with Crippen LogP contribution in [-0.4, -0.2) is 20.7 Å². The maximum absolute atomic E-state index is 12.3. The predicted molar refractivity (Wildman–Crippen MR) is 79.9 cm³/mol. The third-order valence-electron chi connectivity index (χ3n) is 2.90. The van der Waals surface area contributed by atoms with Gasteiger partial charge in [0.25, 0.3) is 5.91 Å². The highest BCUT2D eigenvalue weighted by atomic mass is 32.1. The number of hydrogen-bond donors (Lipinski definition) is 2. The minimum absolute atomic E-state index is 0.235. The number of nitrogen functional groups attached to an aromatic ring is 1. The predicted octanol–water partition coefficient (Wildman–Crippen LogP) is 2.35. The van der Waals surface area contributed by atoms with Crippen molar-refractivity contribution in [3.8, 4) is 0 Å². The van der Waals surface area contributed by atoms with Gasteiger partial charge in [-0.2, -0.15) is 5.10 Å². The van der Waals surface area contributed by atoms with Gasteiger partial charge in [0.1, 0.15) is 10.4 Å². The number of anilines is 2. The number of aromatic nitrogens is 3. The molecular formula is C13H13N5OS. The van der Waals surface area contributed by atoms with Crippen molar-refractivity contribution < 1.29 is 4.79 Å². The molecular weight excluding hydrogens is 274 g/mol. The van der Waals surface area contributed by atoms with Gasteiger partial charge in [-0.05, 0) is 19.1 Å². The molecule has 0 saturated heterocycles. The fraction of sp³-hybridized carbons (Fsp3) is 0.154. The van der Waals surface area contributed by atoms with Crippen molar-refractivity contribution in [2.75, 3.05) is 11.1 Å². The normalized spacial score (nSPS) is 10.8. The number of carbonyl (C=O) groups excluding carboxylic acids is 1. The number of aryl methyl sites for hydroxylation is 1. The second kappa shape index (κ2) is 4.93. The largest absolute Gasteiger partial charge is 0.396 e. The Hall–Kier alpha value is -2.41. The molecule has 0 bridgehead atoms. The zero-order valence-electron chi connectivity index (χ0n) is 10.8. The molecule has 102 valence electrons. The molecule has 0 aliphatic rings. The summed E-state index contributed by atoms with van der Waals surface area (Å²) in [6.45, 7) is 2.74. The van der Waals surface area contributed by atoms with Crippen molar-refractivity contribution in [1.82, 2.24) is 14.8 Å². The first-order valence-electron chi connectivity index (χ1n) is 6.16. The number of fused-ring (bicyclic) bond motifs is 1. The molecule has 6 nitrogen and oxygen atoms in total. The van der Waals surface area contributed by atoms with Crippen LogP contribution < -0.4 is 11.1 Å². The van der Waals surface area contributed by atoms with Gasteiger partial charge in [0.2, 0.25) is 0 Å². The van der Waals surface area contributed by atoms with Crippen LogP contribution in [0.3, 0.4) is 0 Å². The molecule has 0 fully saturated rings. The lowest BCUT2D eigenvalue weighted by Crippen LogP contribution is -2.11. The Morgan fingerprint density at radius 2 is 2.40 bits per heavy atom. The monoisotopic (exact) mass is 287 g/mol. The molecule has 0 spiro atoms. The summed E-state index contributed by atoms with van der Waals surface area (Å²) in [5.74, 6) is -0.235. The Morgan fingerprint density at radius 1 is 1.55 bits per heavy atom. The number of hydrogen-bond acceptors (Lipinski definition) is 5. The summed E-state index contributed by atoms with van der Waals surface area (Å²) in [5, 5.41) is 6.90. The number of pyridine rings is 1. The zero-order chi connectivity index (χ0) is 14.1. The van der Waals surface area contributed by atoms with Crippen molar-refractivity contribution >= 4 is 38.8 Å². The maximum atomic E-state index is 12.3. The van der Waals surface area contributed by atoms with Crippen LogP contribution >= 0.6 is 11.3 Å². The molecule has 1 amide bonds. The third-order valence-corrected chi connectivity index (χ3v) is 4.06. The average molecular weight is 287 g/mol. The minimum Gasteiger partial charge on any atom is -0.396 e. The molecule has 3 N–H and O–H groups in total. The fourth-order valence-corrected chi connectivity index (χ4v) is 2.88. The molecule has 0 aliphatic carbocycles. The van der Waals surface area contributed by atoms with E-state index in [0.717, 1.165) is 11.2 Å². The van der Waals surface area contributed by atoms with E-state index in [1.165, 1.54) is 11.3 Å². The summed E-state index contributed by atoms with van der Waals surface area (Å²) >= 11 is 1.34. The first kappa shape index (κ1) is 12.6. The highest BCUT2D eigenvalue weighted by Crippen LogP contribution is 2.32. The van der Waals surface area contributed by atoms with Gasteiger partial charge in [-0.3, -0.25) is 14.5 Å². The molecule has 0 atom stereocenters. The van der Waals surface area contributed by atoms with Crippen LogP contribution in [0.25, 0.3) is 10.2 Å². The number of nitrogens with one attached hydrogen (secondary N) is 1. The fourth-order valence-electron chi connectivity index (χ4n) is 1.91. The maximum Gasteiger partial charge on any atom is 0.268 e. The van der Waals surface area contributed by atoms with E-state index in [1.807, 2.05) is 19.1 Å². The summed E-state index contributed by atoms with van der Waals surface area (Å²) in [7, 11) is 0. The second-order valence-electron chi connectivity index (χ2n) is 4.23. The molecule has 20 heavy (non-hydrogen) atoms. The highest BCUT2D eigenvalue weighted by molar-refractivity contribution is 7.21. The van der Waals surface area contributed by atoms with Crippen LogP contribution in [0.15, 0.2) is 30.7 Å². The Morgan fingerprint density at radius 3 is 3.10 bits per heavy atom. The van der Waals surface area contributed by atoms with E-state index in [4.69, 9.17) is 5.73 Å². The Bertz CT molecular complexity index is 776. The van der Waals surface area contributed by atoms with Crippen LogP contribution in [0.2, 0.25) is 0 Å². The van der Waals surface area contributed by atoms with Crippen molar-refractivity contribution in [2.24, 2.45) is 0 Å². The molecule has 0 aromatic carbocycles. The lowest BCUT2D eigenvalue weighted by Gasteiger charge is -2.00. The van der Waals surface area contributed by atoms with E-state index >= 15 is 0 Å². The Balaban J connectivity index is 1.90. The molecule has 7 heteroatoms. The van der Waals surface area contributed by atoms with Gasteiger partial charge in [-0.15, -0.1) is 11.3 Å². The van der Waals surface area contributed by atoms with Gasteiger partial charge in [-0.1, -0.05) is 0 Å². The van der Waals surface area contributed by atoms with E-state index in [-0.39, 0.29) is 5.91 Å². The number of carbonyl (C=O) groups is 1. The van der Waals surface area contributed by atoms with Crippen LogP contribution in [0.4, 0.5) is 11.4 Å². The molecule has 3 heterocycles. The van der Waals surface area contributed by atoms with Crippen LogP contribution in [0.5, 0.6) is 0 Å². The molecule has 0 aliphatic heterocycles. The lowest BCUT2D eigenvalue weighted by molar-refractivity contribution is 0.103. The third kappa shape index (κ3) is 2.12. The zero-order valence-corrected chi connectivity index (χ0v) is 11.6. The van der Waals surface area contributed by atoms with Gasteiger partial charge >= 0.3 is 0 Å². The molecule has 0 unspecified atom stereocenters. The van der Waals surface area contributed by atoms with E-state index in [2.05, 4.69) is 15.4 Å². The topological polar surface area (TPSA) is 85.8 Å². The minimum atomic E-state index is -0.235. The number of rotatable bonds is 3. The van der Waals surface area contributed by atoms with Crippen molar-refractivity contribution in [3.05, 3.63) is 35.6 Å². The van der Waals surface area contributed by atoms with Crippen molar-refractivity contribution in [3.63, 3.8) is 0 Å². The van der Waals surface area contributed by atoms with Crippen molar-refractivity contribution in [1.29, 1.82) is 0 Å². The molecule has 3 rings (SSSR count). The standard InChI is InChI=1S/C13H13N5OS/c1-2-18-7-8(6-16-18)17-13(19)12-10(14)11-9(20-12)4-3-5-15-11/h3-7H,2,14H2,1H3,(H,17,19). The second-order valence-corrected chi connectivity index (χ2v) is 5.29. The van der Waals surface area contributed by atoms with Crippen LogP contribution in [0.1, 0.15) is 16.6 Å². The Labute approximate surface area is 119 Å². The van der Waals surface area contributed by atoms with E-state index in [1.54, 1.807) is 23.3 Å². The van der Waals surface area contributed by atoms with Crippen molar-refractivity contribution in [2.45, 2.75) is 13.5 Å².